The monoisotopic (exact) mass is 319 g/mol. The Bertz CT molecular complexity index is 1140. The molecule has 4 aromatic rings. The van der Waals surface area contributed by atoms with Gasteiger partial charge >= 0.3 is 0 Å². The Morgan fingerprint density at radius 3 is 3.00 bits per heavy atom. The number of nitrogens with zero attached hydrogens (tertiary/aromatic N) is 3. The van der Waals surface area contributed by atoms with Crippen molar-refractivity contribution in [1.29, 1.82) is 0 Å². The second-order valence-corrected chi connectivity index (χ2v) is 5.52. The van der Waals surface area contributed by atoms with Crippen LogP contribution >= 0.6 is 0 Å². The molecule has 2 N–H and O–H groups in total. The van der Waals surface area contributed by atoms with E-state index in [1.165, 1.54) is 0 Å². The van der Waals surface area contributed by atoms with Crippen molar-refractivity contribution in [2.24, 2.45) is 0 Å². The fraction of sp³-hybridized carbons (Fsp3) is 0.0588. The van der Waals surface area contributed by atoms with Crippen LogP contribution in [0.4, 0.5) is 5.69 Å². The third kappa shape index (κ3) is 2.41. The van der Waals surface area contributed by atoms with Crippen molar-refractivity contribution in [3.8, 4) is 0 Å². The summed E-state index contributed by atoms with van der Waals surface area (Å²) < 4.78 is 1.88. The number of aromatic nitrogens is 4. The summed E-state index contributed by atoms with van der Waals surface area (Å²) in [5, 5.41) is 10.0. The molecule has 0 atom stereocenters. The summed E-state index contributed by atoms with van der Waals surface area (Å²) in [7, 11) is 0. The molecule has 7 heteroatoms. The van der Waals surface area contributed by atoms with Crippen LogP contribution in [-0.2, 0) is 0 Å². The van der Waals surface area contributed by atoms with E-state index in [0.29, 0.717) is 22.0 Å². The van der Waals surface area contributed by atoms with E-state index in [4.69, 9.17) is 0 Å². The summed E-state index contributed by atoms with van der Waals surface area (Å²) in [4.78, 5) is 28.6. The minimum atomic E-state index is -0.323. The summed E-state index contributed by atoms with van der Waals surface area (Å²) in [5.74, 6) is -0.291. The van der Waals surface area contributed by atoms with Gasteiger partial charge < -0.3 is 9.72 Å². The van der Waals surface area contributed by atoms with Crippen LogP contribution in [0.3, 0.4) is 0 Å². The molecule has 0 unspecified atom stereocenters. The lowest BCUT2D eigenvalue weighted by molar-refractivity contribution is 0.102. The topological polar surface area (TPSA) is 92.1 Å². The standard InChI is InChI=1S/C17H13N5O2/c1-10-9-22-5-4-13(7-15(22)19-10)20-16(23)11-2-3-12-8-18-21-17(24)14(12)6-11/h2-9H,1H3,(H,20,23)(H,21,24). The van der Waals surface area contributed by atoms with Crippen molar-refractivity contribution < 1.29 is 4.79 Å². The van der Waals surface area contributed by atoms with E-state index in [-0.39, 0.29) is 11.5 Å². The van der Waals surface area contributed by atoms with E-state index in [0.717, 1.165) is 11.3 Å². The van der Waals surface area contributed by atoms with Gasteiger partial charge in [0.25, 0.3) is 11.5 Å². The van der Waals surface area contributed by atoms with Gasteiger partial charge in [0.2, 0.25) is 0 Å². The number of hydrogen-bond donors (Lipinski definition) is 2. The molecule has 7 nitrogen and oxygen atoms in total. The van der Waals surface area contributed by atoms with Gasteiger partial charge in [0.1, 0.15) is 5.65 Å². The molecule has 3 heterocycles. The minimum Gasteiger partial charge on any atom is -0.322 e. The number of carbonyl (C=O) groups excluding carboxylic acids is 1. The molecule has 0 fully saturated rings. The van der Waals surface area contributed by atoms with Crippen molar-refractivity contribution in [2.45, 2.75) is 6.92 Å². The number of aryl methyl sites for hydroxylation is 1. The number of anilines is 1. The zero-order valence-corrected chi connectivity index (χ0v) is 12.8. The van der Waals surface area contributed by atoms with E-state index in [2.05, 4.69) is 20.5 Å². The maximum atomic E-state index is 12.4. The number of amides is 1. The number of fused-ring (bicyclic) bond motifs is 2. The maximum absolute atomic E-state index is 12.4. The van der Waals surface area contributed by atoms with Gasteiger partial charge in [0.05, 0.1) is 17.3 Å². The highest BCUT2D eigenvalue weighted by Gasteiger charge is 2.09. The van der Waals surface area contributed by atoms with E-state index < -0.39 is 0 Å². The fourth-order valence-corrected chi connectivity index (χ4v) is 2.62. The number of pyridine rings is 1. The van der Waals surface area contributed by atoms with Gasteiger partial charge in [0, 0.05) is 35.1 Å². The van der Waals surface area contributed by atoms with Crippen molar-refractivity contribution in [1.82, 2.24) is 19.6 Å². The molecule has 0 saturated heterocycles. The van der Waals surface area contributed by atoms with Crippen LogP contribution in [0.1, 0.15) is 16.1 Å². The lowest BCUT2D eigenvalue weighted by atomic mass is 10.1. The second kappa shape index (κ2) is 5.31. The molecular weight excluding hydrogens is 306 g/mol. The van der Waals surface area contributed by atoms with Gasteiger partial charge in [-0.1, -0.05) is 6.07 Å². The normalized spacial score (nSPS) is 11.0. The predicted molar refractivity (Wildman–Crippen MR) is 90.2 cm³/mol. The smallest absolute Gasteiger partial charge is 0.272 e. The second-order valence-electron chi connectivity index (χ2n) is 5.52. The van der Waals surface area contributed by atoms with Crippen molar-refractivity contribution >= 4 is 28.0 Å². The van der Waals surface area contributed by atoms with Crippen LogP contribution in [0.2, 0.25) is 0 Å². The molecule has 0 saturated carbocycles. The number of aromatic amines is 1. The number of imidazole rings is 1. The first kappa shape index (κ1) is 14.1. The number of rotatable bonds is 2. The number of benzene rings is 1. The zero-order chi connectivity index (χ0) is 16.7. The highest BCUT2D eigenvalue weighted by molar-refractivity contribution is 6.06. The summed E-state index contributed by atoms with van der Waals surface area (Å²) in [5.41, 5.74) is 2.38. The van der Waals surface area contributed by atoms with Crippen LogP contribution in [0, 0.1) is 6.92 Å². The SMILES string of the molecule is Cc1cn2ccc(NC(=O)c3ccc4cn[nH]c(=O)c4c3)cc2n1. The van der Waals surface area contributed by atoms with Gasteiger partial charge in [-0.15, -0.1) is 0 Å². The first-order valence-electron chi connectivity index (χ1n) is 7.34. The van der Waals surface area contributed by atoms with Crippen LogP contribution < -0.4 is 10.9 Å². The largest absolute Gasteiger partial charge is 0.322 e. The molecule has 0 aliphatic heterocycles. The van der Waals surface area contributed by atoms with Crippen molar-refractivity contribution in [3.05, 3.63) is 70.5 Å². The Balaban J connectivity index is 1.67. The molecule has 118 valence electrons. The third-order valence-corrected chi connectivity index (χ3v) is 3.77. The lowest BCUT2D eigenvalue weighted by Gasteiger charge is -2.06. The molecule has 0 radical (unpaired) electrons. The predicted octanol–water partition coefficient (Wildman–Crippen LogP) is 2.13. The summed E-state index contributed by atoms with van der Waals surface area (Å²) in [6.07, 6.45) is 5.29. The molecular formula is C17H13N5O2. The van der Waals surface area contributed by atoms with Crippen molar-refractivity contribution in [2.75, 3.05) is 5.32 Å². The van der Waals surface area contributed by atoms with E-state index in [1.807, 2.05) is 23.7 Å². The molecule has 0 bridgehead atoms. The Morgan fingerprint density at radius 1 is 1.25 bits per heavy atom. The van der Waals surface area contributed by atoms with Gasteiger partial charge in [-0.25, -0.2) is 10.1 Å². The molecule has 0 aliphatic carbocycles. The van der Waals surface area contributed by atoms with Gasteiger partial charge in [-0.2, -0.15) is 5.10 Å². The Morgan fingerprint density at radius 2 is 2.12 bits per heavy atom. The Kier molecular flexibility index (Phi) is 3.13. The molecule has 24 heavy (non-hydrogen) atoms. The zero-order valence-electron chi connectivity index (χ0n) is 12.8. The van der Waals surface area contributed by atoms with E-state index in [1.54, 1.807) is 36.5 Å². The van der Waals surface area contributed by atoms with Crippen LogP contribution in [0.5, 0.6) is 0 Å². The third-order valence-electron chi connectivity index (χ3n) is 3.77. The quantitative estimate of drug-likeness (QED) is 0.592. The average Bonchev–Trinajstić information content (AvgIpc) is 2.94. The highest BCUT2D eigenvalue weighted by Crippen LogP contribution is 2.15. The van der Waals surface area contributed by atoms with E-state index >= 15 is 0 Å². The van der Waals surface area contributed by atoms with Crippen molar-refractivity contribution in [3.63, 3.8) is 0 Å². The van der Waals surface area contributed by atoms with E-state index in [9.17, 15) is 9.59 Å². The van der Waals surface area contributed by atoms with Crippen LogP contribution in [-0.4, -0.2) is 25.5 Å². The lowest BCUT2D eigenvalue weighted by Crippen LogP contribution is -2.14. The molecule has 1 amide bonds. The average molecular weight is 319 g/mol. The van der Waals surface area contributed by atoms with Crippen LogP contribution in [0.25, 0.3) is 16.4 Å². The summed E-state index contributed by atoms with van der Waals surface area (Å²) in [6, 6.07) is 8.51. The minimum absolute atomic E-state index is 0.291. The van der Waals surface area contributed by atoms with Gasteiger partial charge in [0.15, 0.2) is 0 Å². The first-order valence-corrected chi connectivity index (χ1v) is 7.34. The van der Waals surface area contributed by atoms with Crippen LogP contribution in [0.15, 0.2) is 53.7 Å². The molecule has 3 aromatic heterocycles. The van der Waals surface area contributed by atoms with Gasteiger partial charge in [-0.3, -0.25) is 9.59 Å². The Labute approximate surface area is 136 Å². The summed E-state index contributed by atoms with van der Waals surface area (Å²) >= 11 is 0. The number of nitrogens with one attached hydrogen (secondary N) is 2. The molecule has 1 aromatic carbocycles. The number of hydrogen-bond acceptors (Lipinski definition) is 4. The molecule has 0 spiro atoms. The summed E-state index contributed by atoms with van der Waals surface area (Å²) in [6.45, 7) is 1.91. The fourth-order valence-electron chi connectivity index (χ4n) is 2.62. The van der Waals surface area contributed by atoms with Gasteiger partial charge in [-0.05, 0) is 25.1 Å². The molecule has 4 rings (SSSR count). The number of H-pyrrole nitrogens is 1. The Hall–Kier alpha value is -3.48. The molecule has 0 aliphatic rings. The first-order chi connectivity index (χ1) is 11.6. The maximum Gasteiger partial charge on any atom is 0.272 e. The highest BCUT2D eigenvalue weighted by atomic mass is 16.1. The number of carbonyl (C=O) groups is 1.